The van der Waals surface area contributed by atoms with Crippen molar-refractivity contribution in [3.8, 4) is 23.0 Å². The van der Waals surface area contributed by atoms with Gasteiger partial charge in [0.05, 0.1) is 27.4 Å². The molecule has 2 aromatic carbocycles. The third kappa shape index (κ3) is 5.13. The molecule has 8 heteroatoms. The van der Waals surface area contributed by atoms with Crippen LogP contribution >= 0.6 is 7.82 Å². The van der Waals surface area contributed by atoms with Gasteiger partial charge in [-0.15, -0.1) is 0 Å². The molecule has 2 aromatic rings. The minimum absolute atomic E-state index is 0.0766. The lowest BCUT2D eigenvalue weighted by molar-refractivity contribution is 0.190. The van der Waals surface area contributed by atoms with Gasteiger partial charge < -0.3 is 23.3 Å². The quantitative estimate of drug-likeness (QED) is 0.495. The Morgan fingerprint density at radius 3 is 1.64 bits per heavy atom. The van der Waals surface area contributed by atoms with Crippen LogP contribution in [0.4, 0.5) is 0 Å². The van der Waals surface area contributed by atoms with Crippen LogP contribution in [0, 0.1) is 0 Å². The van der Waals surface area contributed by atoms with Crippen molar-refractivity contribution in [2.45, 2.75) is 6.10 Å². The minimum Gasteiger partial charge on any atom is -0.497 e. The lowest BCUT2D eigenvalue weighted by atomic mass is 10.3. The van der Waals surface area contributed by atoms with E-state index >= 15 is 0 Å². The number of benzene rings is 2. The third-order valence-electron chi connectivity index (χ3n) is 3.37. The molecule has 25 heavy (non-hydrogen) atoms. The van der Waals surface area contributed by atoms with Gasteiger partial charge in [-0.3, -0.25) is 4.52 Å². The van der Waals surface area contributed by atoms with Crippen molar-refractivity contribution in [3.05, 3.63) is 48.5 Å². The van der Waals surface area contributed by atoms with Crippen molar-refractivity contribution >= 4 is 7.82 Å². The number of hydrogen-bond acceptors (Lipinski definition) is 7. The number of phosphoric ester groups is 1. The molecule has 1 atom stereocenters. The van der Waals surface area contributed by atoms with Gasteiger partial charge in [0.15, 0.2) is 0 Å². The van der Waals surface area contributed by atoms with Gasteiger partial charge in [0.2, 0.25) is 0 Å². The Bertz CT molecular complexity index is 672. The Kier molecular flexibility index (Phi) is 5.48. The summed E-state index contributed by atoms with van der Waals surface area (Å²) in [7, 11) is -0.762. The maximum Gasteiger partial charge on any atom is 0.587 e. The van der Waals surface area contributed by atoms with Crippen molar-refractivity contribution in [1.29, 1.82) is 0 Å². The molecule has 0 saturated carbocycles. The van der Waals surface area contributed by atoms with E-state index in [0.717, 1.165) is 0 Å². The molecule has 0 radical (unpaired) electrons. The largest absolute Gasteiger partial charge is 0.587 e. The maximum atomic E-state index is 13.0. The third-order valence-corrected chi connectivity index (χ3v) is 4.71. The van der Waals surface area contributed by atoms with Crippen LogP contribution in [0.15, 0.2) is 48.5 Å². The highest BCUT2D eigenvalue weighted by atomic mass is 31.2. The van der Waals surface area contributed by atoms with E-state index in [1.54, 1.807) is 62.8 Å². The van der Waals surface area contributed by atoms with E-state index in [2.05, 4.69) is 0 Å². The monoisotopic (exact) mass is 366 g/mol. The molecule has 1 aliphatic rings. The Labute approximate surface area is 146 Å². The fourth-order valence-electron chi connectivity index (χ4n) is 1.94. The summed E-state index contributed by atoms with van der Waals surface area (Å²) in [5, 5.41) is 0. The van der Waals surface area contributed by atoms with Crippen molar-refractivity contribution in [3.63, 3.8) is 0 Å². The highest BCUT2D eigenvalue weighted by Gasteiger charge is 2.35. The summed E-state index contributed by atoms with van der Waals surface area (Å²) in [5.74, 6) is 2.00. The van der Waals surface area contributed by atoms with Crippen LogP contribution in [0.2, 0.25) is 0 Å². The first-order chi connectivity index (χ1) is 12.1. The number of epoxide rings is 1. The van der Waals surface area contributed by atoms with Crippen LogP contribution in [-0.4, -0.2) is 33.5 Å². The van der Waals surface area contributed by atoms with E-state index in [1.165, 1.54) is 0 Å². The second kappa shape index (κ2) is 7.78. The molecule has 1 saturated heterocycles. The Balaban J connectivity index is 1.74. The molecule has 0 aliphatic carbocycles. The lowest BCUT2D eigenvalue weighted by Gasteiger charge is -2.19. The van der Waals surface area contributed by atoms with E-state index < -0.39 is 7.82 Å². The molecular weight excluding hydrogens is 347 g/mol. The molecule has 1 unspecified atom stereocenters. The molecular formula is C17H19O7P. The summed E-state index contributed by atoms with van der Waals surface area (Å²) in [6.45, 7) is 0.703. The Morgan fingerprint density at radius 2 is 1.28 bits per heavy atom. The van der Waals surface area contributed by atoms with Crippen molar-refractivity contribution in [2.24, 2.45) is 0 Å². The molecule has 7 nitrogen and oxygen atoms in total. The van der Waals surface area contributed by atoms with E-state index in [4.69, 9.17) is 27.8 Å². The molecule has 0 bridgehead atoms. The average Bonchev–Trinajstić information content (AvgIpc) is 3.46. The van der Waals surface area contributed by atoms with Gasteiger partial charge in [-0.2, -0.15) is 0 Å². The average molecular weight is 366 g/mol. The zero-order valence-electron chi connectivity index (χ0n) is 13.9. The highest BCUT2D eigenvalue weighted by molar-refractivity contribution is 7.49. The van der Waals surface area contributed by atoms with Crippen LogP contribution in [0.25, 0.3) is 0 Å². The normalized spacial score (nSPS) is 16.2. The van der Waals surface area contributed by atoms with Crippen LogP contribution < -0.4 is 18.5 Å². The molecule has 0 spiro atoms. The number of rotatable bonds is 9. The van der Waals surface area contributed by atoms with Gasteiger partial charge in [0.1, 0.15) is 29.1 Å². The van der Waals surface area contributed by atoms with E-state index in [0.29, 0.717) is 29.6 Å². The topological polar surface area (TPSA) is 75.8 Å². The first-order valence-corrected chi connectivity index (χ1v) is 9.10. The molecule has 0 amide bonds. The Hall–Kier alpha value is -2.21. The van der Waals surface area contributed by atoms with E-state index in [9.17, 15) is 4.57 Å². The number of ether oxygens (including phenoxy) is 3. The van der Waals surface area contributed by atoms with Crippen LogP contribution in [0.5, 0.6) is 23.0 Å². The predicted octanol–water partition coefficient (Wildman–Crippen LogP) is 3.69. The second-order valence-electron chi connectivity index (χ2n) is 5.23. The zero-order valence-corrected chi connectivity index (χ0v) is 14.8. The molecule has 1 fully saturated rings. The highest BCUT2D eigenvalue weighted by Crippen LogP contribution is 2.50. The fraction of sp³-hybridized carbons (Fsp3) is 0.294. The number of phosphoric acid groups is 1. The van der Waals surface area contributed by atoms with Crippen LogP contribution in [0.1, 0.15) is 0 Å². The van der Waals surface area contributed by atoms with Crippen LogP contribution in [-0.2, 0) is 13.8 Å². The molecule has 1 aliphatic heterocycles. The summed E-state index contributed by atoms with van der Waals surface area (Å²) in [4.78, 5) is 0. The van der Waals surface area contributed by atoms with Crippen molar-refractivity contribution in [1.82, 2.24) is 0 Å². The summed E-state index contributed by atoms with van der Waals surface area (Å²) in [5.41, 5.74) is 0. The standard InChI is InChI=1S/C17H19O7P/c1-19-13-3-7-15(8-4-13)23-25(18,22-12-17-11-21-17)24-16-9-5-14(20-2)6-10-16/h3-10,17H,11-12H2,1-2H3. The number of hydrogen-bond donors (Lipinski definition) is 0. The molecule has 0 aromatic heterocycles. The predicted molar refractivity (Wildman–Crippen MR) is 90.5 cm³/mol. The first-order valence-electron chi connectivity index (χ1n) is 7.64. The summed E-state index contributed by atoms with van der Waals surface area (Å²) in [6.07, 6.45) is -0.0766. The molecule has 0 N–H and O–H groups in total. The minimum atomic E-state index is -3.89. The first kappa shape index (κ1) is 17.6. The number of methoxy groups -OCH3 is 2. The second-order valence-corrected chi connectivity index (χ2v) is 6.75. The fourth-order valence-corrected chi connectivity index (χ4v) is 3.19. The molecule has 134 valence electrons. The van der Waals surface area contributed by atoms with Crippen LogP contribution in [0.3, 0.4) is 0 Å². The van der Waals surface area contributed by atoms with Gasteiger partial charge in [-0.05, 0) is 48.5 Å². The summed E-state index contributed by atoms with van der Waals surface area (Å²) >= 11 is 0. The Morgan fingerprint density at radius 1 is 0.880 bits per heavy atom. The molecule has 1 heterocycles. The van der Waals surface area contributed by atoms with Gasteiger partial charge in [-0.25, -0.2) is 4.57 Å². The van der Waals surface area contributed by atoms with Gasteiger partial charge in [0.25, 0.3) is 0 Å². The van der Waals surface area contributed by atoms with Crippen molar-refractivity contribution < 1.29 is 32.3 Å². The maximum absolute atomic E-state index is 13.0. The van der Waals surface area contributed by atoms with Gasteiger partial charge in [0, 0.05) is 0 Å². The van der Waals surface area contributed by atoms with Gasteiger partial charge in [-0.1, -0.05) is 0 Å². The smallest absolute Gasteiger partial charge is 0.497 e. The van der Waals surface area contributed by atoms with Gasteiger partial charge >= 0.3 is 7.82 Å². The van der Waals surface area contributed by atoms with E-state index in [-0.39, 0.29) is 12.7 Å². The van der Waals surface area contributed by atoms with Crippen molar-refractivity contribution in [2.75, 3.05) is 27.4 Å². The zero-order chi connectivity index (χ0) is 17.7. The summed E-state index contributed by atoms with van der Waals surface area (Å²) in [6, 6.07) is 13.3. The SMILES string of the molecule is COc1ccc(OP(=O)(OCC2CO2)Oc2ccc(OC)cc2)cc1. The van der Waals surface area contributed by atoms with E-state index in [1.807, 2.05) is 0 Å². The summed E-state index contributed by atoms with van der Waals surface area (Å²) < 4.78 is 44.7. The lowest BCUT2D eigenvalue weighted by Crippen LogP contribution is -2.09. The molecule has 3 rings (SSSR count).